The summed E-state index contributed by atoms with van der Waals surface area (Å²) >= 11 is 0. The van der Waals surface area contributed by atoms with Gasteiger partial charge in [0.15, 0.2) is 5.82 Å². The lowest BCUT2D eigenvalue weighted by atomic mass is 10.1. The lowest BCUT2D eigenvalue weighted by molar-refractivity contribution is 0.247. The van der Waals surface area contributed by atoms with Crippen LogP contribution in [0.15, 0.2) is 0 Å². The van der Waals surface area contributed by atoms with E-state index in [9.17, 15) is 0 Å². The third-order valence-corrected chi connectivity index (χ3v) is 3.73. The Morgan fingerprint density at radius 2 is 2.18 bits per heavy atom. The Labute approximate surface area is 101 Å². The van der Waals surface area contributed by atoms with Gasteiger partial charge in [0, 0.05) is 13.2 Å². The van der Waals surface area contributed by atoms with Gasteiger partial charge in [-0.05, 0) is 48.6 Å². The second-order valence-corrected chi connectivity index (χ2v) is 5.17. The normalized spacial score (nSPS) is 25.6. The van der Waals surface area contributed by atoms with E-state index in [-0.39, 0.29) is 0 Å². The standard InChI is InChI=1S/C11H19N5O/c17-6-4-9-3-5-15(7-9)8-11-12-13-14-16(11)10-1-2-10/h9-10,17H,1-8H2. The summed E-state index contributed by atoms with van der Waals surface area (Å²) in [5, 5.41) is 20.9. The summed E-state index contributed by atoms with van der Waals surface area (Å²) in [6.07, 6.45) is 4.53. The highest BCUT2D eigenvalue weighted by molar-refractivity contribution is 4.91. The lowest BCUT2D eigenvalue weighted by Crippen LogP contribution is -2.23. The zero-order valence-electron chi connectivity index (χ0n) is 9.99. The Kier molecular flexibility index (Phi) is 3.07. The molecule has 1 atom stereocenters. The van der Waals surface area contributed by atoms with Crippen molar-refractivity contribution in [3.05, 3.63) is 5.82 Å². The van der Waals surface area contributed by atoms with Gasteiger partial charge < -0.3 is 5.11 Å². The summed E-state index contributed by atoms with van der Waals surface area (Å²) in [5.41, 5.74) is 0. The smallest absolute Gasteiger partial charge is 0.165 e. The van der Waals surface area contributed by atoms with E-state index in [0.29, 0.717) is 18.6 Å². The van der Waals surface area contributed by atoms with Gasteiger partial charge in [0.25, 0.3) is 0 Å². The molecule has 6 nitrogen and oxygen atoms in total. The number of aliphatic hydroxyl groups excluding tert-OH is 1. The monoisotopic (exact) mass is 237 g/mol. The maximum Gasteiger partial charge on any atom is 0.165 e. The predicted molar refractivity (Wildman–Crippen MR) is 61.2 cm³/mol. The van der Waals surface area contributed by atoms with Crippen LogP contribution in [0.4, 0.5) is 0 Å². The molecular weight excluding hydrogens is 218 g/mol. The van der Waals surface area contributed by atoms with E-state index in [2.05, 4.69) is 20.4 Å². The third-order valence-electron chi connectivity index (χ3n) is 3.73. The van der Waals surface area contributed by atoms with Crippen LogP contribution in [0.5, 0.6) is 0 Å². The zero-order valence-corrected chi connectivity index (χ0v) is 9.99. The first-order valence-electron chi connectivity index (χ1n) is 6.47. The number of hydrogen-bond acceptors (Lipinski definition) is 5. The van der Waals surface area contributed by atoms with E-state index < -0.39 is 0 Å². The summed E-state index contributed by atoms with van der Waals surface area (Å²) in [4.78, 5) is 2.39. The Hall–Kier alpha value is -1.01. The average molecular weight is 237 g/mol. The van der Waals surface area contributed by atoms with Gasteiger partial charge in [-0.1, -0.05) is 0 Å². The molecule has 0 bridgehead atoms. The molecule has 2 fully saturated rings. The zero-order chi connectivity index (χ0) is 11.7. The first-order valence-corrected chi connectivity index (χ1v) is 6.47. The van der Waals surface area contributed by atoms with Crippen LogP contribution < -0.4 is 0 Å². The molecule has 1 unspecified atom stereocenters. The summed E-state index contributed by atoms with van der Waals surface area (Å²) in [5.74, 6) is 1.64. The van der Waals surface area contributed by atoms with Gasteiger partial charge in [-0.25, -0.2) is 4.68 Å². The van der Waals surface area contributed by atoms with Crippen LogP contribution >= 0.6 is 0 Å². The lowest BCUT2D eigenvalue weighted by Gasteiger charge is -2.14. The van der Waals surface area contributed by atoms with Crippen LogP contribution in [0.25, 0.3) is 0 Å². The van der Waals surface area contributed by atoms with Gasteiger partial charge in [0.2, 0.25) is 0 Å². The Bertz CT molecular complexity index is 376. The number of likely N-dealkylation sites (tertiary alicyclic amines) is 1. The van der Waals surface area contributed by atoms with Crippen molar-refractivity contribution < 1.29 is 5.11 Å². The van der Waals surface area contributed by atoms with E-state index in [1.807, 2.05) is 4.68 Å². The molecule has 1 aromatic rings. The largest absolute Gasteiger partial charge is 0.396 e. The molecule has 1 N–H and O–H groups in total. The number of nitrogens with zero attached hydrogens (tertiary/aromatic N) is 5. The van der Waals surface area contributed by atoms with Crippen LogP contribution in [0.3, 0.4) is 0 Å². The topological polar surface area (TPSA) is 67.1 Å². The second kappa shape index (κ2) is 4.70. The number of tetrazole rings is 1. The SMILES string of the molecule is OCCC1CCN(Cc2nnnn2C2CC2)C1. The van der Waals surface area contributed by atoms with Crippen molar-refractivity contribution in [1.29, 1.82) is 0 Å². The summed E-state index contributed by atoms with van der Waals surface area (Å²) in [7, 11) is 0. The van der Waals surface area contributed by atoms with E-state index in [1.165, 1.54) is 19.3 Å². The molecule has 17 heavy (non-hydrogen) atoms. The molecular formula is C11H19N5O. The van der Waals surface area contributed by atoms with Gasteiger partial charge in [0.1, 0.15) is 0 Å². The molecule has 1 aliphatic heterocycles. The fourth-order valence-electron chi connectivity index (χ4n) is 2.59. The van der Waals surface area contributed by atoms with Gasteiger partial charge in [-0.2, -0.15) is 0 Å². The fraction of sp³-hybridized carbons (Fsp3) is 0.909. The van der Waals surface area contributed by atoms with E-state index in [0.717, 1.165) is 31.9 Å². The molecule has 0 amide bonds. The van der Waals surface area contributed by atoms with Crippen LogP contribution in [0.2, 0.25) is 0 Å². The Morgan fingerprint density at radius 3 is 2.94 bits per heavy atom. The van der Waals surface area contributed by atoms with Crippen molar-refractivity contribution in [3.63, 3.8) is 0 Å². The van der Waals surface area contributed by atoms with Gasteiger partial charge in [0.05, 0.1) is 12.6 Å². The van der Waals surface area contributed by atoms with Crippen molar-refractivity contribution in [2.45, 2.75) is 38.3 Å². The van der Waals surface area contributed by atoms with Crippen molar-refractivity contribution in [3.8, 4) is 0 Å². The maximum absolute atomic E-state index is 8.94. The third kappa shape index (κ3) is 2.47. The first-order chi connectivity index (χ1) is 8.36. The molecule has 0 aromatic carbocycles. The molecule has 1 saturated heterocycles. The first kappa shape index (κ1) is 11.1. The van der Waals surface area contributed by atoms with Crippen molar-refractivity contribution in [2.24, 2.45) is 5.92 Å². The predicted octanol–water partition coefficient (Wildman–Crippen LogP) is 0.212. The molecule has 1 saturated carbocycles. The van der Waals surface area contributed by atoms with Gasteiger partial charge in [-0.3, -0.25) is 4.90 Å². The van der Waals surface area contributed by atoms with E-state index in [1.54, 1.807) is 0 Å². The van der Waals surface area contributed by atoms with E-state index in [4.69, 9.17) is 5.11 Å². The molecule has 1 aromatic heterocycles. The van der Waals surface area contributed by atoms with Crippen LogP contribution in [0, 0.1) is 5.92 Å². The molecule has 0 spiro atoms. The molecule has 3 rings (SSSR count). The minimum absolute atomic E-state index is 0.304. The highest BCUT2D eigenvalue weighted by Gasteiger charge is 2.29. The maximum atomic E-state index is 8.94. The Morgan fingerprint density at radius 1 is 1.29 bits per heavy atom. The summed E-state index contributed by atoms with van der Waals surface area (Å²) in [6.45, 7) is 3.32. The number of aromatic nitrogens is 4. The average Bonchev–Trinajstić information content (AvgIpc) is 2.91. The number of rotatable bonds is 5. The minimum atomic E-state index is 0.304. The molecule has 2 heterocycles. The van der Waals surface area contributed by atoms with Crippen molar-refractivity contribution in [1.82, 2.24) is 25.1 Å². The summed E-state index contributed by atoms with van der Waals surface area (Å²) in [6, 6.07) is 0.552. The van der Waals surface area contributed by atoms with Gasteiger partial charge >= 0.3 is 0 Å². The quantitative estimate of drug-likeness (QED) is 0.793. The highest BCUT2D eigenvalue weighted by Crippen LogP contribution is 2.34. The molecule has 94 valence electrons. The molecule has 2 aliphatic rings. The van der Waals surface area contributed by atoms with Crippen LogP contribution in [-0.2, 0) is 6.54 Å². The molecule has 0 radical (unpaired) electrons. The number of aliphatic hydroxyl groups is 1. The molecule has 6 heteroatoms. The van der Waals surface area contributed by atoms with Gasteiger partial charge in [-0.15, -0.1) is 5.10 Å². The summed E-state index contributed by atoms with van der Waals surface area (Å²) < 4.78 is 1.99. The van der Waals surface area contributed by atoms with E-state index >= 15 is 0 Å². The second-order valence-electron chi connectivity index (χ2n) is 5.17. The fourth-order valence-corrected chi connectivity index (χ4v) is 2.59. The molecule has 1 aliphatic carbocycles. The van der Waals surface area contributed by atoms with Crippen LogP contribution in [-0.4, -0.2) is 49.9 Å². The highest BCUT2D eigenvalue weighted by atomic mass is 16.3. The van der Waals surface area contributed by atoms with Crippen molar-refractivity contribution in [2.75, 3.05) is 19.7 Å². The number of hydrogen-bond donors (Lipinski definition) is 1. The van der Waals surface area contributed by atoms with Crippen molar-refractivity contribution >= 4 is 0 Å². The van der Waals surface area contributed by atoms with Crippen LogP contribution in [0.1, 0.15) is 37.5 Å². The Balaban J connectivity index is 1.58. The minimum Gasteiger partial charge on any atom is -0.396 e.